The van der Waals surface area contributed by atoms with E-state index in [2.05, 4.69) is 15.5 Å². The standard InChI is InChI=1S/C30H25FN6O3/c1-19(38)6-2-5-9-29-32-27-16-20(10-15-24(27)30(39)37(29)22-13-11-21(31)12-14-22)26-17-23(40-34-26)18-36-28-8-4-3-7-25(28)33-35-36/h3-4,7-8,10-17H,2,5-6,9,18H2,1H3. The van der Waals surface area contributed by atoms with Gasteiger partial charge in [0.2, 0.25) is 0 Å². The smallest absolute Gasteiger partial charge is 0.265 e. The molecule has 3 aromatic carbocycles. The zero-order valence-electron chi connectivity index (χ0n) is 21.7. The molecule has 3 heterocycles. The number of aryl methyl sites for hydroxylation is 1. The molecule has 0 saturated carbocycles. The van der Waals surface area contributed by atoms with Gasteiger partial charge in [0.05, 0.1) is 22.1 Å². The SMILES string of the molecule is CC(=O)CCCCc1nc2cc(-c3cc(Cn4nnc5ccccc54)on3)ccc2c(=O)n1-c1ccc(F)cc1. The molecule has 0 spiro atoms. The molecule has 200 valence electrons. The minimum atomic E-state index is -0.387. The number of fused-ring (bicyclic) bond motifs is 2. The van der Waals surface area contributed by atoms with Gasteiger partial charge in [-0.1, -0.05) is 28.6 Å². The van der Waals surface area contributed by atoms with Crippen LogP contribution in [0, 0.1) is 5.82 Å². The van der Waals surface area contributed by atoms with Crippen LogP contribution in [0.4, 0.5) is 4.39 Å². The summed E-state index contributed by atoms with van der Waals surface area (Å²) in [4.78, 5) is 29.9. The number of carbonyl (C=O) groups is 1. The molecule has 40 heavy (non-hydrogen) atoms. The topological polar surface area (TPSA) is 109 Å². The third-order valence-corrected chi connectivity index (χ3v) is 6.78. The Morgan fingerprint density at radius 3 is 2.62 bits per heavy atom. The summed E-state index contributed by atoms with van der Waals surface area (Å²) in [6.45, 7) is 1.93. The quantitative estimate of drug-likeness (QED) is 0.232. The van der Waals surface area contributed by atoms with Crippen molar-refractivity contribution in [2.75, 3.05) is 0 Å². The van der Waals surface area contributed by atoms with Crippen LogP contribution in [0.15, 0.2) is 82.1 Å². The Kier molecular flexibility index (Phi) is 6.73. The lowest BCUT2D eigenvalue weighted by molar-refractivity contribution is -0.117. The number of Topliss-reactive ketones (excluding diaryl/α,β-unsaturated/α-hetero) is 1. The third kappa shape index (κ3) is 5.03. The average Bonchev–Trinajstić information content (AvgIpc) is 3.59. The van der Waals surface area contributed by atoms with Crippen molar-refractivity contribution in [3.05, 3.63) is 101 Å². The van der Waals surface area contributed by atoms with Crippen molar-refractivity contribution in [1.82, 2.24) is 29.7 Å². The molecular weight excluding hydrogens is 511 g/mol. The number of aromatic nitrogens is 6. The van der Waals surface area contributed by atoms with Gasteiger partial charge in [-0.2, -0.15) is 0 Å². The fourth-order valence-corrected chi connectivity index (χ4v) is 4.78. The zero-order valence-corrected chi connectivity index (χ0v) is 21.7. The predicted molar refractivity (Wildman–Crippen MR) is 148 cm³/mol. The second-order valence-electron chi connectivity index (χ2n) is 9.70. The highest BCUT2D eigenvalue weighted by atomic mass is 19.1. The fraction of sp³-hybridized carbons (Fsp3) is 0.200. The van der Waals surface area contributed by atoms with Gasteiger partial charge in [0, 0.05) is 24.5 Å². The predicted octanol–water partition coefficient (Wildman–Crippen LogP) is 5.27. The molecule has 0 aliphatic rings. The van der Waals surface area contributed by atoms with Crippen LogP contribution in [-0.4, -0.2) is 35.5 Å². The van der Waals surface area contributed by atoms with E-state index in [9.17, 15) is 14.0 Å². The lowest BCUT2D eigenvalue weighted by atomic mass is 10.1. The first-order chi connectivity index (χ1) is 19.5. The minimum Gasteiger partial charge on any atom is -0.359 e. The normalized spacial score (nSPS) is 11.4. The van der Waals surface area contributed by atoms with Gasteiger partial charge in [-0.15, -0.1) is 5.10 Å². The number of hydrogen-bond donors (Lipinski definition) is 0. The largest absolute Gasteiger partial charge is 0.359 e. The summed E-state index contributed by atoms with van der Waals surface area (Å²) in [6.07, 6.45) is 2.33. The Morgan fingerprint density at radius 1 is 0.975 bits per heavy atom. The van der Waals surface area contributed by atoms with Crippen molar-refractivity contribution < 1.29 is 13.7 Å². The molecule has 0 N–H and O–H groups in total. The number of para-hydroxylation sites is 1. The first kappa shape index (κ1) is 25.3. The Hall–Kier alpha value is -4.99. The lowest BCUT2D eigenvalue weighted by Gasteiger charge is -2.14. The Morgan fingerprint density at radius 2 is 1.80 bits per heavy atom. The van der Waals surface area contributed by atoms with Crippen LogP contribution in [0.1, 0.15) is 37.8 Å². The van der Waals surface area contributed by atoms with Gasteiger partial charge < -0.3 is 9.32 Å². The average molecular weight is 537 g/mol. The molecule has 6 aromatic rings. The highest BCUT2D eigenvalue weighted by Gasteiger charge is 2.16. The number of halogens is 1. The number of nitrogens with zero attached hydrogens (tertiary/aromatic N) is 6. The number of carbonyl (C=O) groups excluding carboxylic acids is 1. The molecule has 0 radical (unpaired) electrons. The highest BCUT2D eigenvalue weighted by molar-refractivity contribution is 5.83. The number of ketones is 1. The van der Waals surface area contributed by atoms with E-state index in [1.165, 1.54) is 16.7 Å². The van der Waals surface area contributed by atoms with Crippen LogP contribution in [0.5, 0.6) is 0 Å². The molecule has 0 aliphatic heterocycles. The first-order valence-corrected chi connectivity index (χ1v) is 13.0. The van der Waals surface area contributed by atoms with Gasteiger partial charge in [-0.3, -0.25) is 9.36 Å². The molecule has 0 bridgehead atoms. The van der Waals surface area contributed by atoms with Gasteiger partial charge in [0.15, 0.2) is 5.76 Å². The second-order valence-corrected chi connectivity index (χ2v) is 9.70. The molecule has 0 aliphatic carbocycles. The van der Waals surface area contributed by atoms with Crippen molar-refractivity contribution in [2.45, 2.75) is 39.2 Å². The van der Waals surface area contributed by atoms with Crippen LogP contribution in [0.25, 0.3) is 38.9 Å². The molecule has 0 fully saturated rings. The Labute approximate surface area is 227 Å². The molecular formula is C30H25FN6O3. The van der Waals surface area contributed by atoms with Crippen molar-refractivity contribution >= 4 is 27.7 Å². The van der Waals surface area contributed by atoms with E-state index in [1.807, 2.05) is 36.4 Å². The summed E-state index contributed by atoms with van der Waals surface area (Å²) in [5, 5.41) is 13.0. The van der Waals surface area contributed by atoms with E-state index in [1.54, 1.807) is 35.9 Å². The van der Waals surface area contributed by atoms with E-state index in [4.69, 9.17) is 9.51 Å². The van der Waals surface area contributed by atoms with E-state index < -0.39 is 0 Å². The summed E-state index contributed by atoms with van der Waals surface area (Å²) in [7, 11) is 0. The number of unbranched alkanes of at least 4 members (excludes halogenated alkanes) is 1. The molecule has 9 nitrogen and oxygen atoms in total. The van der Waals surface area contributed by atoms with E-state index >= 15 is 0 Å². The van der Waals surface area contributed by atoms with Gasteiger partial charge in [-0.25, -0.2) is 14.1 Å². The van der Waals surface area contributed by atoms with E-state index in [-0.39, 0.29) is 17.2 Å². The van der Waals surface area contributed by atoms with Gasteiger partial charge in [0.25, 0.3) is 5.56 Å². The van der Waals surface area contributed by atoms with Crippen LogP contribution in [0.3, 0.4) is 0 Å². The third-order valence-electron chi connectivity index (χ3n) is 6.78. The van der Waals surface area contributed by atoms with Crippen LogP contribution >= 0.6 is 0 Å². The number of rotatable bonds is 9. The minimum absolute atomic E-state index is 0.121. The van der Waals surface area contributed by atoms with Crippen LogP contribution in [-0.2, 0) is 17.8 Å². The molecule has 0 saturated heterocycles. The molecule has 10 heteroatoms. The zero-order chi connectivity index (χ0) is 27.6. The molecule has 0 atom stereocenters. The second kappa shape index (κ2) is 10.6. The number of benzene rings is 3. The van der Waals surface area contributed by atoms with E-state index in [0.29, 0.717) is 66.1 Å². The van der Waals surface area contributed by atoms with Gasteiger partial charge >= 0.3 is 0 Å². The molecule has 6 rings (SSSR count). The van der Waals surface area contributed by atoms with Crippen molar-refractivity contribution in [2.24, 2.45) is 0 Å². The first-order valence-electron chi connectivity index (χ1n) is 13.0. The fourth-order valence-electron chi connectivity index (χ4n) is 4.78. The van der Waals surface area contributed by atoms with Gasteiger partial charge in [-0.05, 0) is 68.3 Å². The Balaban J connectivity index is 1.34. The molecule has 0 amide bonds. The summed E-state index contributed by atoms with van der Waals surface area (Å²) in [5.41, 5.74) is 3.86. The molecule has 3 aromatic heterocycles. The van der Waals surface area contributed by atoms with Crippen molar-refractivity contribution in [1.29, 1.82) is 0 Å². The molecule has 0 unspecified atom stereocenters. The summed E-state index contributed by atoms with van der Waals surface area (Å²) in [6, 6.07) is 20.6. The van der Waals surface area contributed by atoms with Gasteiger partial charge in [0.1, 0.15) is 35.2 Å². The monoisotopic (exact) mass is 536 g/mol. The maximum absolute atomic E-state index is 13.6. The van der Waals surface area contributed by atoms with E-state index in [0.717, 1.165) is 16.6 Å². The Bertz CT molecular complexity index is 1910. The van der Waals surface area contributed by atoms with Crippen LogP contribution in [0.2, 0.25) is 0 Å². The summed E-state index contributed by atoms with van der Waals surface area (Å²) in [5.74, 6) is 0.888. The maximum Gasteiger partial charge on any atom is 0.265 e. The summed E-state index contributed by atoms with van der Waals surface area (Å²) >= 11 is 0. The number of hydrogen-bond acceptors (Lipinski definition) is 7. The van der Waals surface area contributed by atoms with Crippen molar-refractivity contribution in [3.63, 3.8) is 0 Å². The summed E-state index contributed by atoms with van der Waals surface area (Å²) < 4.78 is 22.5. The van der Waals surface area contributed by atoms with Crippen molar-refractivity contribution in [3.8, 4) is 16.9 Å². The van der Waals surface area contributed by atoms with Crippen LogP contribution < -0.4 is 5.56 Å². The maximum atomic E-state index is 13.6. The highest BCUT2D eigenvalue weighted by Crippen LogP contribution is 2.24. The lowest BCUT2D eigenvalue weighted by Crippen LogP contribution is -2.24.